The van der Waals surface area contributed by atoms with E-state index in [1.54, 1.807) is 0 Å². The molecule has 0 radical (unpaired) electrons. The van der Waals surface area contributed by atoms with Crippen LogP contribution in [0.25, 0.3) is 0 Å². The highest BCUT2D eigenvalue weighted by atomic mass is 32.2. The third-order valence-electron chi connectivity index (χ3n) is 2.82. The molecule has 6 heteroatoms. The van der Waals surface area contributed by atoms with Crippen molar-refractivity contribution in [1.29, 1.82) is 0 Å². The predicted octanol–water partition coefficient (Wildman–Crippen LogP) is 2.47. The Morgan fingerprint density at radius 1 is 1.37 bits per heavy atom. The van der Waals surface area contributed by atoms with Crippen LogP contribution in [-0.4, -0.2) is 19.5 Å². The van der Waals surface area contributed by atoms with Gasteiger partial charge in [-0.3, -0.25) is 0 Å². The van der Waals surface area contributed by atoms with Crippen LogP contribution in [0.15, 0.2) is 23.2 Å². The van der Waals surface area contributed by atoms with Crippen molar-refractivity contribution in [3.05, 3.63) is 18.3 Å². The number of unbranched alkanes of at least 4 members (excludes halogenated alkanes) is 3. The fourth-order valence-corrected chi connectivity index (χ4v) is 2.40. The van der Waals surface area contributed by atoms with E-state index in [4.69, 9.17) is 9.88 Å². The zero-order valence-corrected chi connectivity index (χ0v) is 12.3. The molecule has 19 heavy (non-hydrogen) atoms. The van der Waals surface area contributed by atoms with Crippen molar-refractivity contribution in [2.75, 3.05) is 0 Å². The molecule has 1 aromatic rings. The van der Waals surface area contributed by atoms with E-state index >= 15 is 0 Å². The van der Waals surface area contributed by atoms with Crippen LogP contribution in [-0.2, 0) is 10.0 Å². The molecule has 0 aliphatic heterocycles. The molecule has 2 N–H and O–H groups in total. The van der Waals surface area contributed by atoms with Crippen molar-refractivity contribution < 1.29 is 13.2 Å². The zero-order valence-electron chi connectivity index (χ0n) is 11.5. The molecule has 0 saturated heterocycles. The van der Waals surface area contributed by atoms with E-state index in [-0.39, 0.29) is 16.9 Å². The van der Waals surface area contributed by atoms with Gasteiger partial charge in [0.2, 0.25) is 15.9 Å². The minimum Gasteiger partial charge on any atom is -0.474 e. The second-order valence-electron chi connectivity index (χ2n) is 4.63. The summed E-state index contributed by atoms with van der Waals surface area (Å²) in [6.45, 7) is 4.07. The Balaban J connectivity index is 2.62. The van der Waals surface area contributed by atoms with Gasteiger partial charge in [0.1, 0.15) is 4.90 Å². The first kappa shape index (κ1) is 15.9. The van der Waals surface area contributed by atoms with Crippen LogP contribution in [0.3, 0.4) is 0 Å². The number of aromatic nitrogens is 1. The summed E-state index contributed by atoms with van der Waals surface area (Å²) in [7, 11) is -3.80. The second kappa shape index (κ2) is 7.45. The monoisotopic (exact) mass is 286 g/mol. The van der Waals surface area contributed by atoms with Crippen molar-refractivity contribution in [2.24, 2.45) is 5.14 Å². The minimum atomic E-state index is -3.80. The molecule has 108 valence electrons. The number of ether oxygens (including phenoxy) is 1. The number of nitrogens with two attached hydrogens (primary N) is 1. The lowest BCUT2D eigenvalue weighted by molar-refractivity contribution is 0.192. The molecule has 1 rings (SSSR count). The smallest absolute Gasteiger partial charge is 0.243 e. The average Bonchev–Trinajstić information content (AvgIpc) is 2.34. The van der Waals surface area contributed by atoms with Gasteiger partial charge in [-0.1, -0.05) is 26.2 Å². The lowest BCUT2D eigenvalue weighted by Crippen LogP contribution is -2.18. The molecule has 1 unspecified atom stereocenters. The van der Waals surface area contributed by atoms with Gasteiger partial charge in [0.15, 0.2) is 0 Å². The molecule has 1 heterocycles. The van der Waals surface area contributed by atoms with Gasteiger partial charge in [0.05, 0.1) is 6.10 Å². The van der Waals surface area contributed by atoms with E-state index < -0.39 is 10.0 Å². The van der Waals surface area contributed by atoms with Gasteiger partial charge in [-0.05, 0) is 31.9 Å². The Morgan fingerprint density at radius 2 is 2.11 bits per heavy atom. The number of hydrogen-bond donors (Lipinski definition) is 1. The highest BCUT2D eigenvalue weighted by molar-refractivity contribution is 7.89. The average molecular weight is 286 g/mol. The second-order valence-corrected chi connectivity index (χ2v) is 6.16. The summed E-state index contributed by atoms with van der Waals surface area (Å²) in [4.78, 5) is 3.89. The number of nitrogens with zero attached hydrogens (tertiary/aromatic N) is 1. The van der Waals surface area contributed by atoms with E-state index in [1.165, 1.54) is 31.2 Å². The molecule has 0 aliphatic rings. The first-order valence-electron chi connectivity index (χ1n) is 6.59. The van der Waals surface area contributed by atoms with Crippen molar-refractivity contribution in [3.63, 3.8) is 0 Å². The first-order valence-corrected chi connectivity index (χ1v) is 8.14. The Kier molecular flexibility index (Phi) is 6.24. The lowest BCUT2D eigenvalue weighted by Gasteiger charge is -2.15. The number of pyridine rings is 1. The Labute approximate surface area is 115 Å². The van der Waals surface area contributed by atoms with Crippen LogP contribution in [0.4, 0.5) is 0 Å². The third-order valence-corrected chi connectivity index (χ3v) is 3.74. The SMILES string of the molecule is CCCCCCC(C)Oc1ncccc1S(N)(=O)=O. The molecule has 0 spiro atoms. The predicted molar refractivity (Wildman–Crippen MR) is 74.5 cm³/mol. The molecule has 0 aromatic carbocycles. The van der Waals surface area contributed by atoms with E-state index in [0.29, 0.717) is 0 Å². The number of hydrogen-bond acceptors (Lipinski definition) is 4. The standard InChI is InChI=1S/C13H22N2O3S/c1-3-4-5-6-8-11(2)18-13-12(19(14,16)17)9-7-10-15-13/h7,9-11H,3-6,8H2,1-2H3,(H2,14,16,17). The van der Waals surface area contributed by atoms with E-state index in [1.807, 2.05) is 6.92 Å². The quantitative estimate of drug-likeness (QED) is 0.744. The van der Waals surface area contributed by atoms with Crippen molar-refractivity contribution in [3.8, 4) is 5.88 Å². The molecule has 1 atom stereocenters. The summed E-state index contributed by atoms with van der Waals surface area (Å²) in [6.07, 6.45) is 6.91. The normalized spacial score (nSPS) is 13.2. The first-order chi connectivity index (χ1) is 8.95. The Hall–Kier alpha value is -1.14. The maximum atomic E-state index is 11.4. The van der Waals surface area contributed by atoms with E-state index in [0.717, 1.165) is 19.3 Å². The topological polar surface area (TPSA) is 82.3 Å². The molecule has 0 fully saturated rings. The summed E-state index contributed by atoms with van der Waals surface area (Å²) in [6, 6.07) is 2.93. The van der Waals surface area contributed by atoms with Crippen molar-refractivity contribution >= 4 is 10.0 Å². The van der Waals surface area contributed by atoms with E-state index in [2.05, 4.69) is 11.9 Å². The van der Waals surface area contributed by atoms with Gasteiger partial charge in [-0.2, -0.15) is 0 Å². The van der Waals surface area contributed by atoms with Crippen LogP contribution in [0.5, 0.6) is 5.88 Å². The molecule has 1 aromatic heterocycles. The third kappa shape index (κ3) is 5.57. The summed E-state index contributed by atoms with van der Waals surface area (Å²) >= 11 is 0. The molecule has 0 saturated carbocycles. The maximum absolute atomic E-state index is 11.4. The largest absolute Gasteiger partial charge is 0.474 e. The Morgan fingerprint density at radius 3 is 2.74 bits per heavy atom. The highest BCUT2D eigenvalue weighted by Gasteiger charge is 2.17. The fourth-order valence-electron chi connectivity index (χ4n) is 1.79. The van der Waals surface area contributed by atoms with Crippen LogP contribution >= 0.6 is 0 Å². The molecular formula is C13H22N2O3S. The maximum Gasteiger partial charge on any atom is 0.243 e. The van der Waals surface area contributed by atoms with Crippen LogP contribution in [0, 0.1) is 0 Å². The van der Waals surface area contributed by atoms with E-state index in [9.17, 15) is 8.42 Å². The fraction of sp³-hybridized carbons (Fsp3) is 0.615. The van der Waals surface area contributed by atoms with Gasteiger partial charge in [0.25, 0.3) is 0 Å². The summed E-state index contributed by atoms with van der Waals surface area (Å²) in [5.41, 5.74) is 0. The molecule has 0 amide bonds. The van der Waals surface area contributed by atoms with Crippen LogP contribution in [0.1, 0.15) is 46.0 Å². The molecule has 0 bridgehead atoms. The molecular weight excluding hydrogens is 264 g/mol. The van der Waals surface area contributed by atoms with Gasteiger partial charge >= 0.3 is 0 Å². The zero-order chi connectivity index (χ0) is 14.3. The Bertz CT molecular complexity index is 488. The molecule has 0 aliphatic carbocycles. The van der Waals surface area contributed by atoms with Crippen LogP contribution in [0.2, 0.25) is 0 Å². The van der Waals surface area contributed by atoms with Crippen molar-refractivity contribution in [2.45, 2.75) is 57.0 Å². The summed E-state index contributed by atoms with van der Waals surface area (Å²) in [5.74, 6) is 0.0907. The molecule has 5 nitrogen and oxygen atoms in total. The highest BCUT2D eigenvalue weighted by Crippen LogP contribution is 2.21. The number of rotatable bonds is 8. The van der Waals surface area contributed by atoms with Gasteiger partial charge < -0.3 is 4.74 Å². The van der Waals surface area contributed by atoms with Crippen molar-refractivity contribution in [1.82, 2.24) is 4.98 Å². The van der Waals surface area contributed by atoms with Gasteiger partial charge in [-0.25, -0.2) is 18.5 Å². The number of primary sulfonamides is 1. The summed E-state index contributed by atoms with van der Waals surface area (Å²) < 4.78 is 28.4. The summed E-state index contributed by atoms with van der Waals surface area (Å²) in [5, 5.41) is 5.13. The lowest BCUT2D eigenvalue weighted by atomic mass is 10.1. The minimum absolute atomic E-state index is 0.0598. The van der Waals surface area contributed by atoms with Gasteiger partial charge in [-0.15, -0.1) is 0 Å². The van der Waals surface area contributed by atoms with Crippen LogP contribution < -0.4 is 9.88 Å². The number of sulfonamides is 1. The van der Waals surface area contributed by atoms with Gasteiger partial charge in [0, 0.05) is 6.20 Å².